The molecular weight excluding hydrogens is 156 g/mol. The van der Waals surface area contributed by atoms with E-state index in [9.17, 15) is 4.79 Å². The van der Waals surface area contributed by atoms with E-state index in [4.69, 9.17) is 4.74 Å². The number of carbonyl (C=O) groups excluding carboxylic acids is 1. The van der Waals surface area contributed by atoms with Gasteiger partial charge in [-0.2, -0.15) is 0 Å². The van der Waals surface area contributed by atoms with Crippen LogP contribution in [-0.4, -0.2) is 37.7 Å². The summed E-state index contributed by atoms with van der Waals surface area (Å²) in [5.41, 5.74) is 0. The number of rotatable bonds is 2. The van der Waals surface area contributed by atoms with E-state index in [-0.39, 0.29) is 18.1 Å². The van der Waals surface area contributed by atoms with Crippen molar-refractivity contribution in [2.24, 2.45) is 0 Å². The molecule has 0 spiro atoms. The highest BCUT2D eigenvalue weighted by atomic mass is 16.5. The SMILES string of the molecule is CCOC(=O)[C@@H]1NCCN[C@@H]1C. The van der Waals surface area contributed by atoms with Gasteiger partial charge in [-0.25, -0.2) is 0 Å². The summed E-state index contributed by atoms with van der Waals surface area (Å²) in [6.07, 6.45) is 0. The molecule has 1 heterocycles. The number of carbonyl (C=O) groups is 1. The smallest absolute Gasteiger partial charge is 0.324 e. The third-order valence-corrected chi connectivity index (χ3v) is 2.00. The molecule has 4 nitrogen and oxygen atoms in total. The van der Waals surface area contributed by atoms with Crippen LogP contribution in [0.4, 0.5) is 0 Å². The summed E-state index contributed by atoms with van der Waals surface area (Å²) in [4.78, 5) is 11.3. The number of piperazine rings is 1. The Morgan fingerprint density at radius 2 is 2.17 bits per heavy atom. The fourth-order valence-electron chi connectivity index (χ4n) is 1.34. The van der Waals surface area contributed by atoms with E-state index in [2.05, 4.69) is 10.6 Å². The molecule has 70 valence electrons. The lowest BCUT2D eigenvalue weighted by Gasteiger charge is -2.29. The van der Waals surface area contributed by atoms with Crippen LogP contribution in [0.15, 0.2) is 0 Å². The Kier molecular flexibility index (Phi) is 3.49. The molecule has 0 aromatic carbocycles. The first-order valence-electron chi connectivity index (χ1n) is 4.39. The number of esters is 1. The lowest BCUT2D eigenvalue weighted by Crippen LogP contribution is -2.58. The van der Waals surface area contributed by atoms with Crippen molar-refractivity contribution in [1.82, 2.24) is 10.6 Å². The second-order valence-corrected chi connectivity index (χ2v) is 2.93. The topological polar surface area (TPSA) is 50.4 Å². The predicted octanol–water partition coefficient (Wildman–Crippen LogP) is -0.501. The average Bonchev–Trinajstić information content (AvgIpc) is 2.05. The lowest BCUT2D eigenvalue weighted by atomic mass is 10.1. The van der Waals surface area contributed by atoms with Gasteiger partial charge in [-0.05, 0) is 13.8 Å². The molecule has 2 atom stereocenters. The zero-order valence-corrected chi connectivity index (χ0v) is 7.59. The first-order valence-corrected chi connectivity index (χ1v) is 4.39. The highest BCUT2D eigenvalue weighted by Gasteiger charge is 2.27. The summed E-state index contributed by atoms with van der Waals surface area (Å²) in [5, 5.41) is 6.32. The molecule has 1 aliphatic rings. The molecule has 0 aliphatic carbocycles. The van der Waals surface area contributed by atoms with E-state index in [1.807, 2.05) is 13.8 Å². The maximum Gasteiger partial charge on any atom is 0.324 e. The van der Waals surface area contributed by atoms with Gasteiger partial charge in [-0.3, -0.25) is 4.79 Å². The fourth-order valence-corrected chi connectivity index (χ4v) is 1.34. The Balaban J connectivity index is 2.42. The molecule has 1 rings (SSSR count). The van der Waals surface area contributed by atoms with Crippen LogP contribution in [-0.2, 0) is 9.53 Å². The molecule has 0 unspecified atom stereocenters. The third kappa shape index (κ3) is 2.19. The molecule has 0 saturated carbocycles. The minimum atomic E-state index is -0.182. The van der Waals surface area contributed by atoms with E-state index < -0.39 is 0 Å². The van der Waals surface area contributed by atoms with Gasteiger partial charge in [-0.1, -0.05) is 0 Å². The Morgan fingerprint density at radius 1 is 1.50 bits per heavy atom. The molecule has 2 N–H and O–H groups in total. The van der Waals surface area contributed by atoms with Crippen molar-refractivity contribution in [1.29, 1.82) is 0 Å². The molecule has 1 saturated heterocycles. The van der Waals surface area contributed by atoms with Gasteiger partial charge in [0, 0.05) is 19.1 Å². The Hall–Kier alpha value is -0.610. The minimum Gasteiger partial charge on any atom is -0.465 e. The van der Waals surface area contributed by atoms with Crippen LogP contribution < -0.4 is 10.6 Å². The quantitative estimate of drug-likeness (QED) is 0.551. The molecule has 1 fully saturated rings. The van der Waals surface area contributed by atoms with Crippen molar-refractivity contribution < 1.29 is 9.53 Å². The van der Waals surface area contributed by atoms with Gasteiger partial charge in [0.05, 0.1) is 6.61 Å². The molecule has 0 amide bonds. The van der Waals surface area contributed by atoms with Gasteiger partial charge in [0.15, 0.2) is 0 Å². The maximum absolute atomic E-state index is 11.3. The highest BCUT2D eigenvalue weighted by Crippen LogP contribution is 1.99. The van der Waals surface area contributed by atoms with Gasteiger partial charge in [-0.15, -0.1) is 0 Å². The standard InChI is InChI=1S/C8H16N2O2/c1-3-12-8(11)7-6(2)9-4-5-10-7/h6-7,9-10H,3-5H2,1-2H3/t6-,7-/m1/s1. The van der Waals surface area contributed by atoms with Crippen molar-refractivity contribution in [2.45, 2.75) is 25.9 Å². The van der Waals surface area contributed by atoms with Gasteiger partial charge in [0.1, 0.15) is 6.04 Å². The molecule has 0 aromatic rings. The van der Waals surface area contributed by atoms with Crippen LogP contribution in [0.1, 0.15) is 13.8 Å². The molecule has 0 radical (unpaired) electrons. The Labute approximate surface area is 72.7 Å². The van der Waals surface area contributed by atoms with E-state index in [0.717, 1.165) is 13.1 Å². The normalized spacial score (nSPS) is 29.8. The van der Waals surface area contributed by atoms with Crippen molar-refractivity contribution >= 4 is 5.97 Å². The van der Waals surface area contributed by atoms with Crippen LogP contribution in [0.3, 0.4) is 0 Å². The van der Waals surface area contributed by atoms with Crippen LogP contribution in [0.2, 0.25) is 0 Å². The largest absolute Gasteiger partial charge is 0.465 e. The number of hydrogen-bond donors (Lipinski definition) is 2. The van der Waals surface area contributed by atoms with Crippen LogP contribution in [0.25, 0.3) is 0 Å². The van der Waals surface area contributed by atoms with Gasteiger partial charge in [0.2, 0.25) is 0 Å². The summed E-state index contributed by atoms with van der Waals surface area (Å²) in [5.74, 6) is -0.155. The van der Waals surface area contributed by atoms with E-state index in [1.54, 1.807) is 0 Å². The maximum atomic E-state index is 11.3. The van der Waals surface area contributed by atoms with Crippen molar-refractivity contribution in [3.05, 3.63) is 0 Å². The van der Waals surface area contributed by atoms with Crippen LogP contribution >= 0.6 is 0 Å². The van der Waals surface area contributed by atoms with Crippen molar-refractivity contribution in [3.63, 3.8) is 0 Å². The summed E-state index contributed by atoms with van der Waals surface area (Å²) in [6, 6.07) is -0.0171. The molecule has 0 bridgehead atoms. The number of hydrogen-bond acceptors (Lipinski definition) is 4. The summed E-state index contributed by atoms with van der Waals surface area (Å²) >= 11 is 0. The highest BCUT2D eigenvalue weighted by molar-refractivity contribution is 5.76. The Morgan fingerprint density at radius 3 is 2.75 bits per heavy atom. The first-order chi connectivity index (χ1) is 5.75. The van der Waals surface area contributed by atoms with E-state index in [0.29, 0.717) is 6.61 Å². The van der Waals surface area contributed by atoms with E-state index >= 15 is 0 Å². The number of nitrogens with one attached hydrogen (secondary N) is 2. The van der Waals surface area contributed by atoms with Crippen molar-refractivity contribution in [3.8, 4) is 0 Å². The summed E-state index contributed by atoms with van der Waals surface area (Å²) in [6.45, 7) is 5.99. The molecule has 12 heavy (non-hydrogen) atoms. The van der Waals surface area contributed by atoms with Crippen LogP contribution in [0.5, 0.6) is 0 Å². The summed E-state index contributed by atoms with van der Waals surface area (Å²) in [7, 11) is 0. The molecular formula is C8H16N2O2. The first kappa shape index (κ1) is 9.48. The van der Waals surface area contributed by atoms with E-state index in [1.165, 1.54) is 0 Å². The van der Waals surface area contributed by atoms with Gasteiger partial charge < -0.3 is 15.4 Å². The monoisotopic (exact) mass is 172 g/mol. The molecule has 4 heteroatoms. The zero-order valence-electron chi connectivity index (χ0n) is 7.59. The fraction of sp³-hybridized carbons (Fsp3) is 0.875. The third-order valence-electron chi connectivity index (χ3n) is 2.00. The lowest BCUT2D eigenvalue weighted by molar-refractivity contribution is -0.146. The van der Waals surface area contributed by atoms with Gasteiger partial charge >= 0.3 is 5.97 Å². The predicted molar refractivity (Wildman–Crippen MR) is 45.9 cm³/mol. The molecule has 0 aromatic heterocycles. The second kappa shape index (κ2) is 4.42. The molecule has 1 aliphatic heterocycles. The second-order valence-electron chi connectivity index (χ2n) is 2.93. The summed E-state index contributed by atoms with van der Waals surface area (Å²) < 4.78 is 4.91. The average molecular weight is 172 g/mol. The van der Waals surface area contributed by atoms with Crippen molar-refractivity contribution in [2.75, 3.05) is 19.7 Å². The van der Waals surface area contributed by atoms with Crippen LogP contribution in [0, 0.1) is 0 Å². The van der Waals surface area contributed by atoms with Gasteiger partial charge in [0.25, 0.3) is 0 Å². The zero-order chi connectivity index (χ0) is 8.97. The number of ether oxygens (including phenoxy) is 1. The Bertz CT molecular complexity index is 161. The minimum absolute atomic E-state index is 0.155.